The van der Waals surface area contributed by atoms with Crippen LogP contribution in [0.2, 0.25) is 0 Å². The molecular weight excluding hydrogens is 260 g/mol. The molecule has 0 radical (unpaired) electrons. The van der Waals surface area contributed by atoms with Gasteiger partial charge in [-0.05, 0) is 0 Å². The highest BCUT2D eigenvalue weighted by atomic mass is 79.9. The molecule has 0 aliphatic rings. The molecule has 0 amide bonds. The summed E-state index contributed by atoms with van der Waals surface area (Å²) in [4.78, 5) is 10.5. The van der Waals surface area contributed by atoms with E-state index in [1.807, 2.05) is 0 Å². The van der Waals surface area contributed by atoms with Crippen LogP contribution in [0, 0.1) is 0 Å². The van der Waals surface area contributed by atoms with Gasteiger partial charge in [-0.25, -0.2) is 8.78 Å². The summed E-state index contributed by atoms with van der Waals surface area (Å²) in [5.41, 5.74) is 0. The fourth-order valence-electron chi connectivity index (χ4n) is 0.389. The standard InChI is InChI=1S/C6H7BrF4O2/c7-2-1-4(12)13-3-6(10,11)5(8)9/h5H,1-3H2. The minimum Gasteiger partial charge on any atom is -0.459 e. The Bertz CT molecular complexity index is 174. The first-order chi connectivity index (χ1) is 5.90. The van der Waals surface area contributed by atoms with Gasteiger partial charge in [0.15, 0.2) is 6.61 Å². The molecule has 0 bridgehead atoms. The van der Waals surface area contributed by atoms with E-state index in [1.54, 1.807) is 0 Å². The highest BCUT2D eigenvalue weighted by Gasteiger charge is 2.42. The summed E-state index contributed by atoms with van der Waals surface area (Å²) < 4.78 is 51.1. The lowest BCUT2D eigenvalue weighted by Crippen LogP contribution is -2.33. The fourth-order valence-corrected chi connectivity index (χ4v) is 0.713. The van der Waals surface area contributed by atoms with Gasteiger partial charge in [0, 0.05) is 5.33 Å². The van der Waals surface area contributed by atoms with Gasteiger partial charge < -0.3 is 4.74 Å². The van der Waals surface area contributed by atoms with Gasteiger partial charge in [0.2, 0.25) is 0 Å². The number of halogens is 5. The van der Waals surface area contributed by atoms with Crippen LogP contribution in [0.4, 0.5) is 17.6 Å². The number of hydrogen-bond donors (Lipinski definition) is 0. The number of rotatable bonds is 5. The molecule has 2 nitrogen and oxygen atoms in total. The van der Waals surface area contributed by atoms with Gasteiger partial charge in [-0.1, -0.05) is 15.9 Å². The van der Waals surface area contributed by atoms with Gasteiger partial charge in [-0.3, -0.25) is 4.79 Å². The molecule has 0 unspecified atom stereocenters. The molecule has 0 aromatic rings. The maximum absolute atomic E-state index is 12.1. The van der Waals surface area contributed by atoms with Crippen molar-refractivity contribution < 1.29 is 27.1 Å². The van der Waals surface area contributed by atoms with Crippen molar-refractivity contribution in [3.05, 3.63) is 0 Å². The number of esters is 1. The van der Waals surface area contributed by atoms with Gasteiger partial charge >= 0.3 is 18.3 Å². The van der Waals surface area contributed by atoms with E-state index < -0.39 is 24.9 Å². The van der Waals surface area contributed by atoms with Crippen molar-refractivity contribution in [2.45, 2.75) is 18.8 Å². The summed E-state index contributed by atoms with van der Waals surface area (Å²) in [6.07, 6.45) is -3.94. The lowest BCUT2D eigenvalue weighted by molar-refractivity contribution is -0.179. The molecule has 0 heterocycles. The van der Waals surface area contributed by atoms with Gasteiger partial charge in [0.05, 0.1) is 6.42 Å². The zero-order valence-electron chi connectivity index (χ0n) is 6.40. The predicted octanol–water partition coefficient (Wildman–Crippen LogP) is 2.21. The second-order valence-electron chi connectivity index (χ2n) is 2.16. The lowest BCUT2D eigenvalue weighted by atomic mass is 10.4. The normalized spacial score (nSPS) is 11.8. The lowest BCUT2D eigenvalue weighted by Gasteiger charge is -2.14. The minimum absolute atomic E-state index is 0.126. The molecule has 0 aromatic heterocycles. The molecule has 0 aliphatic heterocycles. The second-order valence-corrected chi connectivity index (χ2v) is 2.95. The van der Waals surface area contributed by atoms with Crippen LogP contribution in [0.1, 0.15) is 6.42 Å². The molecule has 0 aromatic carbocycles. The monoisotopic (exact) mass is 266 g/mol. The number of carbonyl (C=O) groups excluding carboxylic acids is 1. The van der Waals surface area contributed by atoms with Crippen molar-refractivity contribution >= 4 is 21.9 Å². The van der Waals surface area contributed by atoms with E-state index >= 15 is 0 Å². The Balaban J connectivity index is 3.81. The van der Waals surface area contributed by atoms with Crippen molar-refractivity contribution in [2.24, 2.45) is 0 Å². The van der Waals surface area contributed by atoms with Gasteiger partial charge in [-0.15, -0.1) is 0 Å². The van der Waals surface area contributed by atoms with Crippen LogP contribution in [0.15, 0.2) is 0 Å². The molecule has 0 spiro atoms. The third-order valence-corrected chi connectivity index (χ3v) is 1.44. The SMILES string of the molecule is O=C(CCBr)OCC(F)(F)C(F)F. The van der Waals surface area contributed by atoms with Crippen LogP contribution in [0.25, 0.3) is 0 Å². The van der Waals surface area contributed by atoms with Crippen LogP contribution in [-0.2, 0) is 9.53 Å². The van der Waals surface area contributed by atoms with Crippen LogP contribution >= 0.6 is 15.9 Å². The summed E-state index contributed by atoms with van der Waals surface area (Å²) in [5.74, 6) is -5.20. The highest BCUT2D eigenvalue weighted by Crippen LogP contribution is 2.22. The van der Waals surface area contributed by atoms with Crippen molar-refractivity contribution in [1.29, 1.82) is 0 Å². The third kappa shape index (κ3) is 5.07. The third-order valence-electron chi connectivity index (χ3n) is 1.04. The molecule has 0 rings (SSSR count). The Morgan fingerprint density at radius 2 is 2.00 bits per heavy atom. The van der Waals surface area contributed by atoms with E-state index in [-0.39, 0.29) is 11.8 Å². The summed E-state index contributed by atoms with van der Waals surface area (Å²) in [6, 6.07) is 0. The Kier molecular flexibility index (Phi) is 5.27. The molecule has 0 N–H and O–H groups in total. The first-order valence-corrected chi connectivity index (χ1v) is 4.40. The van der Waals surface area contributed by atoms with E-state index in [2.05, 4.69) is 20.7 Å². The topological polar surface area (TPSA) is 26.3 Å². The number of carbonyl (C=O) groups is 1. The maximum atomic E-state index is 12.1. The summed E-state index contributed by atoms with van der Waals surface area (Å²) >= 11 is 2.86. The fraction of sp³-hybridized carbons (Fsp3) is 0.833. The van der Waals surface area contributed by atoms with Gasteiger partial charge in [0.1, 0.15) is 0 Å². The molecule has 13 heavy (non-hydrogen) atoms. The van der Waals surface area contributed by atoms with Crippen LogP contribution < -0.4 is 0 Å². The largest absolute Gasteiger partial charge is 0.459 e. The van der Waals surface area contributed by atoms with Crippen LogP contribution in [0.5, 0.6) is 0 Å². The summed E-state index contributed by atoms with van der Waals surface area (Å²) in [5, 5.41) is 0.242. The van der Waals surface area contributed by atoms with Crippen LogP contribution in [0.3, 0.4) is 0 Å². The van der Waals surface area contributed by atoms with Crippen molar-refractivity contribution in [1.82, 2.24) is 0 Å². The predicted molar refractivity (Wildman–Crippen MR) is 40.3 cm³/mol. The smallest absolute Gasteiger partial charge is 0.340 e. The van der Waals surface area contributed by atoms with Gasteiger partial charge in [0.25, 0.3) is 0 Å². The number of ether oxygens (including phenoxy) is 1. The summed E-state index contributed by atoms with van der Waals surface area (Å²) in [6.45, 7) is -1.57. The highest BCUT2D eigenvalue weighted by molar-refractivity contribution is 9.09. The van der Waals surface area contributed by atoms with E-state index in [9.17, 15) is 22.4 Å². The molecule has 0 saturated heterocycles. The Morgan fingerprint density at radius 3 is 2.38 bits per heavy atom. The van der Waals surface area contributed by atoms with Gasteiger partial charge in [-0.2, -0.15) is 8.78 Å². The molecular formula is C6H7BrF4O2. The minimum atomic E-state index is -4.26. The first-order valence-electron chi connectivity index (χ1n) is 3.27. The molecule has 0 saturated carbocycles. The van der Waals surface area contributed by atoms with Crippen molar-refractivity contribution in [3.63, 3.8) is 0 Å². The second kappa shape index (κ2) is 5.41. The van der Waals surface area contributed by atoms with E-state index in [0.717, 1.165) is 0 Å². The summed E-state index contributed by atoms with van der Waals surface area (Å²) in [7, 11) is 0. The molecule has 78 valence electrons. The zero-order chi connectivity index (χ0) is 10.5. The van der Waals surface area contributed by atoms with Crippen molar-refractivity contribution in [2.75, 3.05) is 11.9 Å². The quantitative estimate of drug-likeness (QED) is 0.433. The van der Waals surface area contributed by atoms with Crippen LogP contribution in [-0.4, -0.2) is 30.3 Å². The van der Waals surface area contributed by atoms with E-state index in [0.29, 0.717) is 0 Å². The Hall–Kier alpha value is -0.330. The molecule has 0 aliphatic carbocycles. The molecule has 7 heteroatoms. The average Bonchev–Trinajstić information content (AvgIpc) is 2.01. The maximum Gasteiger partial charge on any atom is 0.340 e. The Labute approximate surface area is 80.4 Å². The number of hydrogen-bond acceptors (Lipinski definition) is 2. The molecule has 0 atom stereocenters. The Morgan fingerprint density at radius 1 is 1.46 bits per heavy atom. The number of alkyl halides is 5. The average molecular weight is 267 g/mol. The van der Waals surface area contributed by atoms with Crippen molar-refractivity contribution in [3.8, 4) is 0 Å². The van der Waals surface area contributed by atoms with E-state index in [4.69, 9.17) is 0 Å². The molecule has 0 fully saturated rings. The van der Waals surface area contributed by atoms with E-state index in [1.165, 1.54) is 0 Å². The first kappa shape index (κ1) is 12.7. The zero-order valence-corrected chi connectivity index (χ0v) is 7.99.